The number of thiophene rings is 1. The van der Waals surface area contributed by atoms with Gasteiger partial charge >= 0.3 is 0 Å². The minimum atomic E-state index is -1.64. The van der Waals surface area contributed by atoms with Gasteiger partial charge in [0.05, 0.1) is 13.6 Å². The van der Waals surface area contributed by atoms with E-state index >= 15 is 0 Å². The first-order valence-corrected chi connectivity index (χ1v) is 13.4. The van der Waals surface area contributed by atoms with Gasteiger partial charge in [0, 0.05) is 32.1 Å². The van der Waals surface area contributed by atoms with E-state index in [-0.39, 0.29) is 0 Å². The third-order valence-electron chi connectivity index (χ3n) is 5.43. The number of para-hydroxylation sites is 1. The molecule has 0 saturated heterocycles. The SMILES string of the molecule is Cc1ccc2scc3c2c1-c1c(c([Si](C)(C)C)c2ccccc2[n+]1C)O3. The Kier molecular flexibility index (Phi) is 3.19. The monoisotopic (exact) mass is 376 g/mol. The van der Waals surface area contributed by atoms with Gasteiger partial charge in [-0.25, -0.2) is 0 Å². The molecule has 1 aliphatic heterocycles. The van der Waals surface area contributed by atoms with Crippen LogP contribution in [0.25, 0.3) is 32.2 Å². The Morgan fingerprint density at radius 3 is 2.58 bits per heavy atom. The molecule has 2 nitrogen and oxygen atoms in total. The molecule has 5 rings (SSSR count). The molecular weight excluding hydrogens is 354 g/mol. The van der Waals surface area contributed by atoms with Crippen LogP contribution >= 0.6 is 11.3 Å². The number of aryl methyl sites for hydroxylation is 2. The third-order valence-corrected chi connectivity index (χ3v) is 8.35. The lowest BCUT2D eigenvalue weighted by atomic mass is 9.97. The van der Waals surface area contributed by atoms with Crippen molar-refractivity contribution in [3.63, 3.8) is 0 Å². The second-order valence-corrected chi connectivity index (χ2v) is 14.1. The molecule has 0 saturated carbocycles. The van der Waals surface area contributed by atoms with E-state index in [9.17, 15) is 0 Å². The molecule has 0 aliphatic carbocycles. The minimum absolute atomic E-state index is 1.02. The number of rotatable bonds is 1. The van der Waals surface area contributed by atoms with Crippen LogP contribution in [-0.2, 0) is 7.05 Å². The van der Waals surface area contributed by atoms with Gasteiger partial charge in [-0.2, -0.15) is 4.57 Å². The first kappa shape index (κ1) is 16.0. The summed E-state index contributed by atoms with van der Waals surface area (Å²) >= 11 is 1.77. The Hall–Kier alpha value is -2.17. The van der Waals surface area contributed by atoms with Gasteiger partial charge in [0.15, 0.2) is 5.75 Å². The Bertz CT molecular complexity index is 1220. The third kappa shape index (κ3) is 2.00. The highest BCUT2D eigenvalue weighted by Gasteiger charge is 2.38. The molecule has 0 atom stereocenters. The van der Waals surface area contributed by atoms with E-state index < -0.39 is 8.07 Å². The molecule has 26 heavy (non-hydrogen) atoms. The van der Waals surface area contributed by atoms with E-state index in [1.165, 1.54) is 43.0 Å². The number of benzene rings is 2. The van der Waals surface area contributed by atoms with Gasteiger partial charge in [-0.05, 0) is 24.6 Å². The van der Waals surface area contributed by atoms with E-state index in [1.807, 2.05) is 0 Å². The predicted molar refractivity (Wildman–Crippen MR) is 114 cm³/mol. The van der Waals surface area contributed by atoms with Crippen molar-refractivity contribution >= 4 is 45.6 Å². The Morgan fingerprint density at radius 1 is 1.04 bits per heavy atom. The molecule has 0 N–H and O–H groups in total. The van der Waals surface area contributed by atoms with E-state index in [0.717, 1.165) is 11.5 Å². The maximum Gasteiger partial charge on any atom is 0.256 e. The van der Waals surface area contributed by atoms with Crippen molar-refractivity contribution < 1.29 is 9.30 Å². The maximum absolute atomic E-state index is 6.62. The van der Waals surface area contributed by atoms with Crippen molar-refractivity contribution in [1.29, 1.82) is 0 Å². The zero-order valence-corrected chi connectivity index (χ0v) is 17.6. The molecule has 0 amide bonds. The molecule has 0 bridgehead atoms. The highest BCUT2D eigenvalue weighted by atomic mass is 32.1. The Morgan fingerprint density at radius 2 is 1.81 bits per heavy atom. The van der Waals surface area contributed by atoms with E-state index in [2.05, 4.69) is 80.0 Å². The van der Waals surface area contributed by atoms with Crippen molar-refractivity contribution in [2.24, 2.45) is 7.05 Å². The summed E-state index contributed by atoms with van der Waals surface area (Å²) in [6.07, 6.45) is 0. The van der Waals surface area contributed by atoms with Crippen LogP contribution in [0.3, 0.4) is 0 Å². The first-order chi connectivity index (χ1) is 12.4. The highest BCUT2D eigenvalue weighted by molar-refractivity contribution is 7.17. The molecule has 2 aromatic carbocycles. The normalized spacial score (nSPS) is 13.1. The molecule has 1 aliphatic rings. The Balaban J connectivity index is 2.06. The van der Waals surface area contributed by atoms with Crippen molar-refractivity contribution in [3.8, 4) is 22.8 Å². The summed E-state index contributed by atoms with van der Waals surface area (Å²) in [7, 11) is 0.538. The van der Waals surface area contributed by atoms with Gasteiger partial charge in [0.1, 0.15) is 12.8 Å². The fourth-order valence-electron chi connectivity index (χ4n) is 4.31. The number of pyridine rings is 1. The summed E-state index contributed by atoms with van der Waals surface area (Å²) in [6, 6.07) is 13.2. The van der Waals surface area contributed by atoms with Gasteiger partial charge in [-0.1, -0.05) is 37.8 Å². The van der Waals surface area contributed by atoms with Gasteiger partial charge in [0.25, 0.3) is 5.69 Å². The molecular formula is C22H22NOSSi+. The van der Waals surface area contributed by atoms with Gasteiger partial charge in [-0.15, -0.1) is 11.3 Å². The van der Waals surface area contributed by atoms with Crippen LogP contribution in [0.4, 0.5) is 0 Å². The number of aromatic nitrogens is 1. The number of hydrogen-bond acceptors (Lipinski definition) is 2. The summed E-state index contributed by atoms with van der Waals surface area (Å²) in [6.45, 7) is 9.45. The molecule has 3 heterocycles. The van der Waals surface area contributed by atoms with Crippen LogP contribution in [0.15, 0.2) is 41.8 Å². The molecule has 0 fully saturated rings. The first-order valence-electron chi connectivity index (χ1n) is 9.02. The van der Waals surface area contributed by atoms with Crippen LogP contribution in [-0.4, -0.2) is 8.07 Å². The minimum Gasteiger partial charge on any atom is -0.449 e. The second-order valence-electron chi connectivity index (χ2n) is 8.21. The van der Waals surface area contributed by atoms with Gasteiger partial charge in [-0.3, -0.25) is 0 Å². The molecule has 2 aromatic heterocycles. The maximum atomic E-state index is 6.62. The average molecular weight is 377 g/mol. The van der Waals surface area contributed by atoms with Crippen LogP contribution in [0, 0.1) is 6.92 Å². The second kappa shape index (κ2) is 5.18. The lowest BCUT2D eigenvalue weighted by Crippen LogP contribution is -2.45. The van der Waals surface area contributed by atoms with Crippen molar-refractivity contribution in [2.45, 2.75) is 26.6 Å². The van der Waals surface area contributed by atoms with Crippen LogP contribution < -0.4 is 14.5 Å². The van der Waals surface area contributed by atoms with E-state index in [4.69, 9.17) is 4.74 Å². The summed E-state index contributed by atoms with van der Waals surface area (Å²) < 4.78 is 10.2. The largest absolute Gasteiger partial charge is 0.449 e. The average Bonchev–Trinajstić information content (AvgIpc) is 3.00. The van der Waals surface area contributed by atoms with Crippen LogP contribution in [0.2, 0.25) is 19.6 Å². The number of hydrogen-bond donors (Lipinski definition) is 0. The van der Waals surface area contributed by atoms with Crippen molar-refractivity contribution in [2.75, 3.05) is 0 Å². The lowest BCUT2D eigenvalue weighted by Gasteiger charge is -2.26. The zero-order valence-electron chi connectivity index (χ0n) is 15.8. The van der Waals surface area contributed by atoms with Gasteiger partial charge < -0.3 is 4.74 Å². The smallest absolute Gasteiger partial charge is 0.256 e. The molecule has 0 radical (unpaired) electrons. The highest BCUT2D eigenvalue weighted by Crippen LogP contribution is 2.49. The molecule has 4 heteroatoms. The fourth-order valence-corrected chi connectivity index (χ4v) is 7.05. The van der Waals surface area contributed by atoms with Gasteiger partial charge in [0.2, 0.25) is 5.52 Å². The van der Waals surface area contributed by atoms with Crippen LogP contribution in [0.1, 0.15) is 5.56 Å². The zero-order chi connectivity index (χ0) is 18.2. The molecule has 130 valence electrons. The molecule has 0 spiro atoms. The number of fused-ring (bicyclic) bond motifs is 3. The summed E-state index contributed by atoms with van der Waals surface area (Å²) in [5.41, 5.74) is 5.17. The van der Waals surface area contributed by atoms with Crippen LogP contribution in [0.5, 0.6) is 11.5 Å². The number of ether oxygens (including phenoxy) is 1. The topological polar surface area (TPSA) is 13.1 Å². The summed E-state index contributed by atoms with van der Waals surface area (Å²) in [5.74, 6) is 2.10. The van der Waals surface area contributed by atoms with E-state index in [0.29, 0.717) is 0 Å². The van der Waals surface area contributed by atoms with Crippen molar-refractivity contribution in [3.05, 3.63) is 47.3 Å². The van der Waals surface area contributed by atoms with Crippen molar-refractivity contribution in [1.82, 2.24) is 0 Å². The Labute approximate surface area is 158 Å². The quantitative estimate of drug-likeness (QED) is 0.278. The summed E-state index contributed by atoms with van der Waals surface area (Å²) in [5, 5.41) is 6.19. The standard InChI is InChI=1S/C22H22NOSSi/c1-13-10-11-17-19-16(12-25-17)24-21-20(18(13)19)23(2)15-9-7-6-8-14(15)22(21)26(3,4)5/h6-12H,1-5H3/q+1. The predicted octanol–water partition coefficient (Wildman–Crippen LogP) is 5.51. The van der Waals surface area contributed by atoms with E-state index in [1.54, 1.807) is 11.3 Å². The number of nitrogens with zero attached hydrogens (tertiary/aromatic N) is 1. The fraction of sp³-hybridized carbons (Fsp3) is 0.227. The lowest BCUT2D eigenvalue weighted by molar-refractivity contribution is -0.633. The molecule has 4 aromatic rings. The summed E-state index contributed by atoms with van der Waals surface area (Å²) in [4.78, 5) is 0. The molecule has 0 unspecified atom stereocenters.